The van der Waals surface area contributed by atoms with Gasteiger partial charge in [-0.1, -0.05) is 64.0 Å². The second-order valence-electron chi connectivity index (χ2n) is 7.59. The summed E-state index contributed by atoms with van der Waals surface area (Å²) in [6.07, 6.45) is 17.1. The number of ether oxygens (including phenoxy) is 2. The van der Waals surface area contributed by atoms with E-state index >= 15 is 0 Å². The number of carbonyl (C=O) groups excluding carboxylic acids is 2. The normalized spacial score (nSPS) is 13.6. The molecule has 0 heterocycles. The summed E-state index contributed by atoms with van der Waals surface area (Å²) in [5, 5.41) is 9.92. The molecule has 5 heteroatoms. The van der Waals surface area contributed by atoms with Crippen LogP contribution in [0.25, 0.3) is 0 Å². The fourth-order valence-electron chi connectivity index (χ4n) is 3.17. The molecular weight excluding hydrogens is 356 g/mol. The highest BCUT2D eigenvalue weighted by atomic mass is 16.6. The SMILES string of the molecule is CCCCCC[C@@H](O)CC=CCCCCCCC(CCOC)C(=O)OC(C)=O. The number of aliphatic hydroxyl groups is 1. The van der Waals surface area contributed by atoms with Gasteiger partial charge in [-0.25, -0.2) is 0 Å². The van der Waals surface area contributed by atoms with Crippen molar-refractivity contribution in [1.82, 2.24) is 0 Å². The zero-order valence-corrected chi connectivity index (χ0v) is 18.3. The largest absolute Gasteiger partial charge is 0.393 e. The minimum atomic E-state index is -0.551. The molecule has 0 saturated heterocycles. The Hall–Kier alpha value is -1.20. The van der Waals surface area contributed by atoms with Gasteiger partial charge >= 0.3 is 11.9 Å². The topological polar surface area (TPSA) is 72.8 Å². The van der Waals surface area contributed by atoms with E-state index in [1.54, 1.807) is 7.11 Å². The number of hydrogen-bond acceptors (Lipinski definition) is 5. The third-order valence-corrected chi connectivity index (χ3v) is 4.89. The van der Waals surface area contributed by atoms with Crippen molar-refractivity contribution in [1.29, 1.82) is 0 Å². The van der Waals surface area contributed by atoms with Crippen LogP contribution in [0.2, 0.25) is 0 Å². The average Bonchev–Trinajstić information content (AvgIpc) is 2.65. The lowest BCUT2D eigenvalue weighted by molar-refractivity contribution is -0.161. The third-order valence-electron chi connectivity index (χ3n) is 4.89. The van der Waals surface area contributed by atoms with E-state index < -0.39 is 11.9 Å². The first-order valence-corrected chi connectivity index (χ1v) is 11.1. The molecule has 0 aromatic heterocycles. The predicted molar refractivity (Wildman–Crippen MR) is 113 cm³/mol. The Bertz CT molecular complexity index is 419. The summed E-state index contributed by atoms with van der Waals surface area (Å²) in [5.41, 5.74) is 0. The number of hydrogen-bond donors (Lipinski definition) is 1. The van der Waals surface area contributed by atoms with E-state index in [9.17, 15) is 14.7 Å². The molecule has 1 N–H and O–H groups in total. The maximum Gasteiger partial charge on any atom is 0.316 e. The average molecular weight is 399 g/mol. The van der Waals surface area contributed by atoms with E-state index in [2.05, 4.69) is 19.1 Å². The van der Waals surface area contributed by atoms with Crippen molar-refractivity contribution in [3.05, 3.63) is 12.2 Å². The molecule has 1 unspecified atom stereocenters. The van der Waals surface area contributed by atoms with E-state index in [0.717, 1.165) is 57.8 Å². The van der Waals surface area contributed by atoms with Crippen LogP contribution in [-0.2, 0) is 19.1 Å². The Balaban J connectivity index is 3.76. The smallest absolute Gasteiger partial charge is 0.316 e. The van der Waals surface area contributed by atoms with Crippen molar-refractivity contribution in [2.24, 2.45) is 5.92 Å². The molecule has 5 nitrogen and oxygen atoms in total. The van der Waals surface area contributed by atoms with Crippen LogP contribution in [0.5, 0.6) is 0 Å². The molecule has 0 aliphatic carbocycles. The lowest BCUT2D eigenvalue weighted by atomic mass is 9.97. The molecule has 0 saturated carbocycles. The molecular formula is C23H42O5. The van der Waals surface area contributed by atoms with Gasteiger partial charge in [0.2, 0.25) is 0 Å². The number of unbranched alkanes of at least 4 members (excludes halogenated alkanes) is 7. The summed E-state index contributed by atoms with van der Waals surface area (Å²) >= 11 is 0. The van der Waals surface area contributed by atoms with E-state index in [1.165, 1.54) is 26.2 Å². The first-order chi connectivity index (χ1) is 13.5. The van der Waals surface area contributed by atoms with Crippen molar-refractivity contribution in [3.63, 3.8) is 0 Å². The molecule has 0 aliphatic heterocycles. The van der Waals surface area contributed by atoms with Gasteiger partial charge in [-0.3, -0.25) is 9.59 Å². The second kappa shape index (κ2) is 19.1. The van der Waals surface area contributed by atoms with E-state index in [-0.39, 0.29) is 12.0 Å². The van der Waals surface area contributed by atoms with E-state index in [1.807, 2.05) is 0 Å². The van der Waals surface area contributed by atoms with Gasteiger partial charge < -0.3 is 14.6 Å². The Kier molecular flexibility index (Phi) is 18.3. The molecule has 0 aliphatic rings. The van der Waals surface area contributed by atoms with Crippen molar-refractivity contribution >= 4 is 11.9 Å². The Morgan fingerprint density at radius 2 is 1.61 bits per heavy atom. The fraction of sp³-hybridized carbons (Fsp3) is 0.826. The zero-order chi connectivity index (χ0) is 21.0. The van der Waals surface area contributed by atoms with Gasteiger partial charge in [0.05, 0.1) is 12.0 Å². The minimum Gasteiger partial charge on any atom is -0.393 e. The Morgan fingerprint density at radius 1 is 0.929 bits per heavy atom. The van der Waals surface area contributed by atoms with Crippen LogP contribution < -0.4 is 0 Å². The highest BCUT2D eigenvalue weighted by Gasteiger charge is 2.20. The number of carbonyl (C=O) groups is 2. The minimum absolute atomic E-state index is 0.202. The van der Waals surface area contributed by atoms with Gasteiger partial charge in [-0.15, -0.1) is 0 Å². The number of aliphatic hydroxyl groups excluding tert-OH is 1. The summed E-state index contributed by atoms with van der Waals surface area (Å²) in [7, 11) is 1.60. The van der Waals surface area contributed by atoms with Gasteiger partial charge in [0.15, 0.2) is 0 Å². The number of rotatable bonds is 18. The first kappa shape index (κ1) is 26.8. The monoisotopic (exact) mass is 398 g/mol. The summed E-state index contributed by atoms with van der Waals surface area (Å²) in [6, 6.07) is 0. The molecule has 0 rings (SSSR count). The molecule has 0 aromatic carbocycles. The van der Waals surface area contributed by atoms with Gasteiger partial charge in [-0.05, 0) is 38.5 Å². The fourth-order valence-corrected chi connectivity index (χ4v) is 3.17. The van der Waals surface area contributed by atoms with Crippen LogP contribution in [0.15, 0.2) is 12.2 Å². The standard InChI is InChI=1S/C23H42O5/c1-4-5-6-13-16-22(25)17-14-11-9-7-8-10-12-15-21(18-19-27-3)23(26)28-20(2)24/h11,14,21-22,25H,4-10,12-13,15-19H2,1-3H3/t21?,22-/m1/s1. The lowest BCUT2D eigenvalue weighted by Gasteiger charge is -2.14. The maximum absolute atomic E-state index is 11.9. The summed E-state index contributed by atoms with van der Waals surface area (Å²) in [6.45, 7) is 3.94. The number of esters is 2. The molecule has 0 spiro atoms. The van der Waals surface area contributed by atoms with Crippen LogP contribution in [-0.4, -0.2) is 36.9 Å². The van der Waals surface area contributed by atoms with Crippen LogP contribution >= 0.6 is 0 Å². The van der Waals surface area contributed by atoms with Gasteiger partial charge in [-0.2, -0.15) is 0 Å². The van der Waals surface area contributed by atoms with Crippen molar-refractivity contribution in [2.75, 3.05) is 13.7 Å². The summed E-state index contributed by atoms with van der Waals surface area (Å²) in [4.78, 5) is 22.9. The summed E-state index contributed by atoms with van der Waals surface area (Å²) < 4.78 is 9.77. The van der Waals surface area contributed by atoms with Crippen molar-refractivity contribution < 1.29 is 24.2 Å². The molecule has 0 bridgehead atoms. The molecule has 0 radical (unpaired) electrons. The molecule has 0 fully saturated rings. The second-order valence-corrected chi connectivity index (χ2v) is 7.59. The predicted octanol–water partition coefficient (Wildman–Crippen LogP) is 5.35. The molecule has 2 atom stereocenters. The molecule has 28 heavy (non-hydrogen) atoms. The molecule has 0 aromatic rings. The Labute approximate surface area is 171 Å². The highest BCUT2D eigenvalue weighted by Crippen LogP contribution is 2.17. The highest BCUT2D eigenvalue weighted by molar-refractivity contribution is 5.85. The molecule has 0 amide bonds. The Morgan fingerprint density at radius 3 is 2.29 bits per heavy atom. The van der Waals surface area contributed by atoms with Gasteiger partial charge in [0, 0.05) is 20.6 Å². The van der Waals surface area contributed by atoms with Crippen molar-refractivity contribution in [2.45, 2.75) is 103 Å². The van der Waals surface area contributed by atoms with E-state index in [0.29, 0.717) is 13.0 Å². The van der Waals surface area contributed by atoms with Crippen LogP contribution in [0.1, 0.15) is 97.3 Å². The maximum atomic E-state index is 11.9. The quantitative estimate of drug-likeness (QED) is 0.146. The van der Waals surface area contributed by atoms with Gasteiger partial charge in [0.1, 0.15) is 0 Å². The number of methoxy groups -OCH3 is 1. The zero-order valence-electron chi connectivity index (χ0n) is 18.3. The lowest BCUT2D eigenvalue weighted by Crippen LogP contribution is -2.21. The van der Waals surface area contributed by atoms with Crippen LogP contribution in [0.4, 0.5) is 0 Å². The van der Waals surface area contributed by atoms with Crippen LogP contribution in [0.3, 0.4) is 0 Å². The summed E-state index contributed by atoms with van der Waals surface area (Å²) in [5.74, 6) is -1.24. The first-order valence-electron chi connectivity index (χ1n) is 11.1. The van der Waals surface area contributed by atoms with E-state index in [4.69, 9.17) is 9.47 Å². The molecule has 164 valence electrons. The van der Waals surface area contributed by atoms with Crippen LogP contribution in [0, 0.1) is 5.92 Å². The third kappa shape index (κ3) is 16.9. The number of allylic oxidation sites excluding steroid dienone is 1. The van der Waals surface area contributed by atoms with Gasteiger partial charge in [0.25, 0.3) is 0 Å². The van der Waals surface area contributed by atoms with Crippen molar-refractivity contribution in [3.8, 4) is 0 Å².